The molecule has 0 unspecified atom stereocenters. The molecular weight excluding hydrogens is 384 g/mol. The van der Waals surface area contributed by atoms with Crippen molar-refractivity contribution in [1.82, 2.24) is 0 Å². The maximum atomic E-state index is 12.8. The van der Waals surface area contributed by atoms with Crippen LogP contribution in [0.3, 0.4) is 0 Å². The molecule has 1 aromatic heterocycles. The minimum atomic E-state index is -0.953. The predicted molar refractivity (Wildman–Crippen MR) is 112 cm³/mol. The number of allylic oxidation sites excluding steroid dienone is 2. The summed E-state index contributed by atoms with van der Waals surface area (Å²) in [7, 11) is 0. The fourth-order valence-electron chi connectivity index (χ4n) is 4.38. The van der Waals surface area contributed by atoms with Crippen LogP contribution in [-0.2, 0) is 22.4 Å². The molecule has 2 aromatic rings. The van der Waals surface area contributed by atoms with Crippen LogP contribution in [0.15, 0.2) is 42.5 Å². The van der Waals surface area contributed by atoms with Gasteiger partial charge in [-0.3, -0.25) is 9.59 Å². The molecule has 0 bridgehead atoms. The molecular formula is C23H22N2O3S. The van der Waals surface area contributed by atoms with Crippen molar-refractivity contribution >= 4 is 28.2 Å². The minimum Gasteiger partial charge on any atom is -0.481 e. The number of hydrogen-bond donors (Lipinski definition) is 2. The Bertz CT molecular complexity index is 1000. The second-order valence-corrected chi connectivity index (χ2v) is 8.76. The first kappa shape index (κ1) is 19.4. The lowest BCUT2D eigenvalue weighted by Gasteiger charge is -2.23. The van der Waals surface area contributed by atoms with Crippen molar-refractivity contribution in [2.24, 2.45) is 11.8 Å². The quantitative estimate of drug-likeness (QED) is 0.732. The van der Waals surface area contributed by atoms with Crippen molar-refractivity contribution in [3.8, 4) is 6.07 Å². The van der Waals surface area contributed by atoms with Crippen LogP contribution in [0.2, 0.25) is 0 Å². The van der Waals surface area contributed by atoms with Gasteiger partial charge in [0.2, 0.25) is 5.91 Å². The molecule has 0 fully saturated rings. The average molecular weight is 407 g/mol. The molecule has 1 aromatic carbocycles. The molecule has 0 spiro atoms. The van der Waals surface area contributed by atoms with Crippen LogP contribution >= 0.6 is 11.3 Å². The van der Waals surface area contributed by atoms with E-state index in [1.165, 1.54) is 16.9 Å². The van der Waals surface area contributed by atoms with Gasteiger partial charge in [-0.05, 0) is 49.1 Å². The minimum absolute atomic E-state index is 0.309. The summed E-state index contributed by atoms with van der Waals surface area (Å²) >= 11 is 1.47. The molecule has 0 saturated carbocycles. The van der Waals surface area contributed by atoms with E-state index >= 15 is 0 Å². The summed E-state index contributed by atoms with van der Waals surface area (Å²) in [6.45, 7) is 0. The fourth-order valence-corrected chi connectivity index (χ4v) is 5.66. The van der Waals surface area contributed by atoms with Gasteiger partial charge in [-0.2, -0.15) is 5.26 Å². The van der Waals surface area contributed by atoms with Crippen molar-refractivity contribution in [3.05, 3.63) is 64.1 Å². The molecule has 148 valence electrons. The molecule has 0 saturated heterocycles. The van der Waals surface area contributed by atoms with Gasteiger partial charge in [0.1, 0.15) is 11.1 Å². The van der Waals surface area contributed by atoms with Gasteiger partial charge in [-0.1, -0.05) is 42.5 Å². The van der Waals surface area contributed by atoms with Crippen molar-refractivity contribution in [2.75, 3.05) is 5.32 Å². The van der Waals surface area contributed by atoms with E-state index in [0.717, 1.165) is 29.7 Å². The molecule has 4 rings (SSSR count). The number of carbonyl (C=O) groups excluding carboxylic acids is 1. The van der Waals surface area contributed by atoms with Crippen LogP contribution in [0, 0.1) is 23.2 Å². The first-order chi connectivity index (χ1) is 14.1. The van der Waals surface area contributed by atoms with Crippen molar-refractivity contribution < 1.29 is 14.7 Å². The molecule has 1 amide bonds. The van der Waals surface area contributed by atoms with Crippen LogP contribution < -0.4 is 5.32 Å². The number of carboxylic acids is 1. The fraction of sp³-hybridized carbons (Fsp3) is 0.348. The lowest BCUT2D eigenvalue weighted by Crippen LogP contribution is -2.34. The molecule has 0 radical (unpaired) electrons. The number of hydrogen-bond acceptors (Lipinski definition) is 4. The summed E-state index contributed by atoms with van der Waals surface area (Å²) in [5, 5.41) is 22.6. The molecule has 29 heavy (non-hydrogen) atoms. The number of nitrogens with zero attached hydrogens (tertiary/aromatic N) is 1. The molecule has 3 atom stereocenters. The highest BCUT2D eigenvalue weighted by molar-refractivity contribution is 7.16. The van der Waals surface area contributed by atoms with E-state index in [1.54, 1.807) is 0 Å². The summed E-state index contributed by atoms with van der Waals surface area (Å²) in [5.41, 5.74) is 2.88. The molecule has 2 aliphatic rings. The average Bonchev–Trinajstić information content (AvgIpc) is 3.10. The smallest absolute Gasteiger partial charge is 0.307 e. The maximum absolute atomic E-state index is 12.8. The second-order valence-electron chi connectivity index (χ2n) is 7.65. The van der Waals surface area contributed by atoms with Crippen molar-refractivity contribution in [2.45, 2.75) is 38.0 Å². The Morgan fingerprint density at radius 2 is 1.86 bits per heavy atom. The van der Waals surface area contributed by atoms with Gasteiger partial charge in [0, 0.05) is 4.88 Å². The highest BCUT2D eigenvalue weighted by atomic mass is 32.1. The highest BCUT2D eigenvalue weighted by Crippen LogP contribution is 2.42. The van der Waals surface area contributed by atoms with Crippen LogP contribution in [-0.4, -0.2) is 17.0 Å². The van der Waals surface area contributed by atoms with Crippen LogP contribution in [0.5, 0.6) is 0 Å². The van der Waals surface area contributed by atoms with Gasteiger partial charge in [-0.25, -0.2) is 0 Å². The maximum Gasteiger partial charge on any atom is 0.307 e. The Balaban J connectivity index is 1.56. The number of carboxylic acid groups (broad SMARTS) is 1. The van der Waals surface area contributed by atoms with Gasteiger partial charge >= 0.3 is 5.97 Å². The summed E-state index contributed by atoms with van der Waals surface area (Å²) in [4.78, 5) is 25.5. The first-order valence-electron chi connectivity index (χ1n) is 9.86. The third kappa shape index (κ3) is 3.83. The number of carbonyl (C=O) groups is 2. The van der Waals surface area contributed by atoms with E-state index in [4.69, 9.17) is 0 Å². The predicted octanol–water partition coefficient (Wildman–Crippen LogP) is 4.50. The normalized spacial score (nSPS) is 23.1. The lowest BCUT2D eigenvalue weighted by molar-refractivity contribution is -0.146. The van der Waals surface area contributed by atoms with E-state index in [2.05, 4.69) is 23.5 Å². The first-order valence-corrected chi connectivity index (χ1v) is 10.7. The highest BCUT2D eigenvalue weighted by Gasteiger charge is 2.35. The topological polar surface area (TPSA) is 90.2 Å². The number of rotatable bonds is 4. The molecule has 1 heterocycles. The zero-order valence-corrected chi connectivity index (χ0v) is 16.7. The Morgan fingerprint density at radius 1 is 1.14 bits per heavy atom. The number of fused-ring (bicyclic) bond motifs is 1. The number of benzene rings is 1. The number of thiophene rings is 1. The van der Waals surface area contributed by atoms with Crippen molar-refractivity contribution in [3.63, 3.8) is 0 Å². The summed E-state index contributed by atoms with van der Waals surface area (Å²) < 4.78 is 0. The summed E-state index contributed by atoms with van der Waals surface area (Å²) in [6.07, 6.45) is 7.09. The lowest BCUT2D eigenvalue weighted by atomic mass is 9.82. The van der Waals surface area contributed by atoms with Gasteiger partial charge in [0.25, 0.3) is 0 Å². The van der Waals surface area contributed by atoms with Gasteiger partial charge < -0.3 is 10.4 Å². The SMILES string of the molecule is N#Cc1c(NC(=O)[C@H]2CC=CC[C@@H]2C(=O)O)sc2c1CC[C@@H](c1ccccc1)C2. The van der Waals surface area contributed by atoms with Gasteiger partial charge in [0.05, 0.1) is 17.4 Å². The second kappa shape index (κ2) is 8.22. The standard InChI is InChI=1S/C23H22N2O3S/c24-13-19-16-11-10-15(14-6-2-1-3-7-14)12-20(16)29-22(19)25-21(26)17-8-4-5-9-18(17)23(27)28/h1-7,15,17-18H,8-12H2,(H,25,26)(H,27,28)/t15-,17+,18+/m1/s1. The van der Waals surface area contributed by atoms with Crippen LogP contribution in [0.4, 0.5) is 5.00 Å². The van der Waals surface area contributed by atoms with Crippen LogP contribution in [0.25, 0.3) is 0 Å². The van der Waals surface area contributed by atoms with E-state index < -0.39 is 17.8 Å². The van der Waals surface area contributed by atoms with E-state index in [1.807, 2.05) is 30.4 Å². The largest absolute Gasteiger partial charge is 0.481 e. The van der Waals surface area contributed by atoms with E-state index in [9.17, 15) is 20.0 Å². The Hall–Kier alpha value is -2.91. The third-order valence-corrected chi connectivity index (χ3v) is 7.14. The Labute approximate surface area is 173 Å². The Kier molecular flexibility index (Phi) is 5.50. The monoisotopic (exact) mass is 406 g/mol. The summed E-state index contributed by atoms with van der Waals surface area (Å²) in [6, 6.07) is 12.6. The van der Waals surface area contributed by atoms with Gasteiger partial charge in [0.15, 0.2) is 0 Å². The number of anilines is 1. The zero-order valence-electron chi connectivity index (χ0n) is 15.9. The van der Waals surface area contributed by atoms with Gasteiger partial charge in [-0.15, -0.1) is 11.3 Å². The number of amides is 1. The molecule has 5 nitrogen and oxygen atoms in total. The zero-order chi connectivity index (χ0) is 20.4. The van der Waals surface area contributed by atoms with E-state index in [-0.39, 0.29) is 5.91 Å². The van der Waals surface area contributed by atoms with E-state index in [0.29, 0.717) is 29.3 Å². The molecule has 2 aliphatic carbocycles. The van der Waals surface area contributed by atoms with Crippen molar-refractivity contribution in [1.29, 1.82) is 5.26 Å². The molecule has 6 heteroatoms. The number of nitrogens with one attached hydrogen (secondary N) is 1. The summed E-state index contributed by atoms with van der Waals surface area (Å²) in [5.74, 6) is -2.18. The number of nitriles is 1. The molecule has 0 aliphatic heterocycles. The third-order valence-electron chi connectivity index (χ3n) is 5.97. The number of aliphatic carboxylic acids is 1. The Morgan fingerprint density at radius 3 is 2.55 bits per heavy atom. The molecule has 2 N–H and O–H groups in total. The van der Waals surface area contributed by atoms with Crippen LogP contribution in [0.1, 0.15) is 46.7 Å².